The van der Waals surface area contributed by atoms with Gasteiger partial charge in [0.05, 0.1) is 31.1 Å². The van der Waals surface area contributed by atoms with Gasteiger partial charge < -0.3 is 0 Å². The average Bonchev–Trinajstić information content (AvgIpc) is 2.84. The molecule has 27 heavy (non-hydrogen) atoms. The van der Waals surface area contributed by atoms with E-state index in [0.717, 1.165) is 33.5 Å². The van der Waals surface area contributed by atoms with Crippen LogP contribution in [0.5, 0.6) is 0 Å². The Balaban J connectivity index is 2.90. The maximum atomic E-state index is 12.7. The van der Waals surface area contributed by atoms with Gasteiger partial charge in [-0.25, -0.2) is 0 Å². The lowest BCUT2D eigenvalue weighted by Crippen LogP contribution is -2.45. The van der Waals surface area contributed by atoms with Crippen molar-refractivity contribution in [1.82, 2.24) is 0 Å². The predicted molar refractivity (Wildman–Crippen MR) is 97.7 cm³/mol. The summed E-state index contributed by atoms with van der Waals surface area (Å²) < 4.78 is 86.4. The fraction of sp³-hybridized carbons (Fsp3) is 0.467. The van der Waals surface area contributed by atoms with E-state index in [1.807, 2.05) is 0 Å². The maximum absolute atomic E-state index is 12.7. The summed E-state index contributed by atoms with van der Waals surface area (Å²) in [7, 11) is -10.1. The van der Waals surface area contributed by atoms with Crippen molar-refractivity contribution in [3.05, 3.63) is 45.8 Å². The first-order valence-corrected chi connectivity index (χ1v) is 11.8. The van der Waals surface area contributed by atoms with E-state index in [1.165, 1.54) is 19.1 Å². The predicted octanol–water partition coefficient (Wildman–Crippen LogP) is 0.958. The standard InChI is InChI=1S/C15H20O9S3/c1-15(27(20,21)24-4)10-11(25(16,17)22-2)9-12-13(15)7-5-6-8-14(12)26(18,19)23-3/h5-6,8-10,13H,7H2,1-4H3/t13?,15-/m0/s1. The molecular formula is C15H20O9S3. The van der Waals surface area contributed by atoms with Crippen LogP contribution in [-0.4, -0.2) is 51.3 Å². The van der Waals surface area contributed by atoms with E-state index in [0.29, 0.717) is 0 Å². The van der Waals surface area contributed by atoms with Crippen molar-refractivity contribution in [2.75, 3.05) is 21.3 Å². The topological polar surface area (TPSA) is 130 Å². The van der Waals surface area contributed by atoms with Crippen LogP contribution >= 0.6 is 0 Å². The third kappa shape index (κ3) is 3.69. The normalized spacial score (nSPS) is 26.5. The van der Waals surface area contributed by atoms with Crippen LogP contribution in [0.3, 0.4) is 0 Å². The molecular weight excluding hydrogens is 420 g/mol. The van der Waals surface area contributed by atoms with Gasteiger partial charge in [0.2, 0.25) is 0 Å². The van der Waals surface area contributed by atoms with Gasteiger partial charge >= 0.3 is 0 Å². The van der Waals surface area contributed by atoms with Gasteiger partial charge in [0, 0.05) is 5.92 Å². The zero-order valence-electron chi connectivity index (χ0n) is 15.1. The summed E-state index contributed by atoms with van der Waals surface area (Å²) in [5.74, 6) is -0.937. The summed E-state index contributed by atoms with van der Waals surface area (Å²) >= 11 is 0. The molecule has 0 N–H and O–H groups in total. The van der Waals surface area contributed by atoms with Gasteiger partial charge in [-0.05, 0) is 37.1 Å². The van der Waals surface area contributed by atoms with Gasteiger partial charge in [-0.15, -0.1) is 0 Å². The molecule has 0 fully saturated rings. The third-order valence-electron chi connectivity index (χ3n) is 4.59. The molecule has 2 aliphatic carbocycles. The highest BCUT2D eigenvalue weighted by atomic mass is 32.2. The fourth-order valence-corrected chi connectivity index (χ4v) is 6.09. The summed E-state index contributed by atoms with van der Waals surface area (Å²) in [5.41, 5.74) is -0.0249. The van der Waals surface area contributed by atoms with E-state index in [1.54, 1.807) is 6.08 Å². The Bertz CT molecular complexity index is 1060. The third-order valence-corrected chi connectivity index (χ3v) is 9.11. The summed E-state index contributed by atoms with van der Waals surface area (Å²) in [6.45, 7) is 1.27. The van der Waals surface area contributed by atoms with Gasteiger partial charge in [0.15, 0.2) is 0 Å². The van der Waals surface area contributed by atoms with Crippen LogP contribution in [0.4, 0.5) is 0 Å². The van der Waals surface area contributed by atoms with Crippen LogP contribution < -0.4 is 0 Å². The second-order valence-corrected chi connectivity index (χ2v) is 11.5. The lowest BCUT2D eigenvalue weighted by molar-refractivity contribution is 0.354. The smallest absolute Gasteiger partial charge is 0.273 e. The SMILES string of the molecule is COS(=O)(=O)C1=C[C@](C)(S(=O)(=O)OC)C2CC=CC=C(S(=O)(=O)OC)C2=C1. The molecule has 0 saturated carbocycles. The van der Waals surface area contributed by atoms with Crippen LogP contribution in [0.25, 0.3) is 0 Å². The Kier molecular flexibility index (Phi) is 5.91. The van der Waals surface area contributed by atoms with Crippen molar-refractivity contribution in [1.29, 1.82) is 0 Å². The molecule has 0 radical (unpaired) electrons. The van der Waals surface area contributed by atoms with E-state index in [-0.39, 0.29) is 16.9 Å². The molecule has 1 unspecified atom stereocenters. The fourth-order valence-electron chi connectivity index (χ4n) is 3.04. The quantitative estimate of drug-likeness (QED) is 0.554. The molecule has 9 nitrogen and oxygen atoms in total. The number of allylic oxidation sites excluding steroid dienone is 5. The lowest BCUT2D eigenvalue weighted by Gasteiger charge is -2.37. The molecule has 12 heteroatoms. The maximum Gasteiger partial charge on any atom is 0.296 e. The summed E-state index contributed by atoms with van der Waals surface area (Å²) in [6.07, 6.45) is 6.48. The molecule has 2 atom stereocenters. The van der Waals surface area contributed by atoms with Crippen LogP contribution in [-0.2, 0) is 42.9 Å². The molecule has 152 valence electrons. The van der Waals surface area contributed by atoms with Gasteiger partial charge in [-0.3, -0.25) is 12.5 Å². The lowest BCUT2D eigenvalue weighted by atomic mass is 9.80. The first-order valence-electron chi connectivity index (χ1n) is 7.59. The average molecular weight is 441 g/mol. The Labute approximate surface area is 159 Å². The van der Waals surface area contributed by atoms with Gasteiger partial charge in [-0.1, -0.05) is 12.2 Å². The molecule has 0 aromatic heterocycles. The van der Waals surface area contributed by atoms with E-state index >= 15 is 0 Å². The van der Waals surface area contributed by atoms with Gasteiger partial charge in [0.1, 0.15) is 4.75 Å². The largest absolute Gasteiger partial charge is 0.296 e. The number of fused-ring (bicyclic) bond motifs is 1. The van der Waals surface area contributed by atoms with Gasteiger partial charge in [-0.2, -0.15) is 25.3 Å². The summed E-state index contributed by atoms with van der Waals surface area (Å²) in [5, 5.41) is 0. The summed E-state index contributed by atoms with van der Waals surface area (Å²) in [4.78, 5) is -0.823. The molecule has 0 aromatic rings. The van der Waals surface area contributed by atoms with Crippen molar-refractivity contribution in [3.8, 4) is 0 Å². The zero-order chi connectivity index (χ0) is 20.7. The minimum atomic E-state index is -4.32. The second-order valence-electron chi connectivity index (χ2n) is 5.94. The molecule has 0 aromatic carbocycles. The van der Waals surface area contributed by atoms with Crippen LogP contribution in [0.1, 0.15) is 13.3 Å². The Hall–Kier alpha value is -1.31. The van der Waals surface area contributed by atoms with Crippen LogP contribution in [0, 0.1) is 5.92 Å². The van der Waals surface area contributed by atoms with Crippen LogP contribution in [0.15, 0.2) is 45.8 Å². The van der Waals surface area contributed by atoms with E-state index in [2.05, 4.69) is 12.5 Å². The van der Waals surface area contributed by atoms with Crippen molar-refractivity contribution < 1.29 is 37.8 Å². The zero-order valence-corrected chi connectivity index (χ0v) is 17.5. The molecule has 2 rings (SSSR count). The van der Waals surface area contributed by atoms with Crippen LogP contribution in [0.2, 0.25) is 0 Å². The number of hydrogen-bond donors (Lipinski definition) is 0. The monoisotopic (exact) mass is 440 g/mol. The Morgan fingerprint density at radius 2 is 1.56 bits per heavy atom. The van der Waals surface area contributed by atoms with E-state index in [4.69, 9.17) is 0 Å². The molecule has 0 amide bonds. The Morgan fingerprint density at radius 1 is 0.963 bits per heavy atom. The van der Waals surface area contributed by atoms with Crippen molar-refractivity contribution in [2.24, 2.45) is 5.92 Å². The molecule has 0 aliphatic heterocycles. The Morgan fingerprint density at radius 3 is 2.07 bits per heavy atom. The van der Waals surface area contributed by atoms with Crippen molar-refractivity contribution in [3.63, 3.8) is 0 Å². The second kappa shape index (κ2) is 7.26. The number of rotatable bonds is 6. The van der Waals surface area contributed by atoms with E-state index in [9.17, 15) is 25.3 Å². The van der Waals surface area contributed by atoms with Gasteiger partial charge in [0.25, 0.3) is 30.4 Å². The molecule has 2 aliphatic rings. The highest BCUT2D eigenvalue weighted by Crippen LogP contribution is 2.46. The van der Waals surface area contributed by atoms with Crippen molar-refractivity contribution in [2.45, 2.75) is 18.1 Å². The molecule has 0 spiro atoms. The molecule has 0 heterocycles. The highest BCUT2D eigenvalue weighted by Gasteiger charge is 2.51. The minimum absolute atomic E-state index is 0.0249. The minimum Gasteiger partial charge on any atom is -0.273 e. The van der Waals surface area contributed by atoms with E-state index < -0.39 is 45.9 Å². The summed E-state index contributed by atoms with van der Waals surface area (Å²) in [6, 6.07) is 0. The first-order chi connectivity index (χ1) is 12.4. The molecule has 0 bridgehead atoms. The first kappa shape index (κ1) is 22.0. The van der Waals surface area contributed by atoms with Crippen molar-refractivity contribution >= 4 is 30.4 Å². The molecule has 0 saturated heterocycles. The highest BCUT2D eigenvalue weighted by molar-refractivity contribution is 7.91. The number of hydrogen-bond acceptors (Lipinski definition) is 9.